The molecule has 0 spiro atoms. The van der Waals surface area contributed by atoms with Crippen LogP contribution in [0.2, 0.25) is 5.02 Å². The number of carbonyl (C=O) groups is 1. The number of nitrogens with two attached hydrogens (primary N) is 1. The lowest BCUT2D eigenvalue weighted by Crippen LogP contribution is -2.48. The normalized spacial score (nSPS) is 14.4. The number of rotatable bonds is 5. The number of carboxylic acid groups (broad SMARTS) is 1. The SMILES string of the molecule is NCc1c(NCc2cccc(Cl)c2)cccc1N1CCN(C(=O)O)CC1. The molecule has 3 rings (SSSR count). The summed E-state index contributed by atoms with van der Waals surface area (Å²) < 4.78 is 0. The Kier molecular flexibility index (Phi) is 5.85. The van der Waals surface area contributed by atoms with E-state index in [2.05, 4.69) is 10.2 Å². The predicted molar refractivity (Wildman–Crippen MR) is 105 cm³/mol. The van der Waals surface area contributed by atoms with Gasteiger partial charge in [-0.05, 0) is 29.8 Å². The van der Waals surface area contributed by atoms with E-state index in [1.54, 1.807) is 0 Å². The average molecular weight is 375 g/mol. The van der Waals surface area contributed by atoms with Crippen LogP contribution >= 0.6 is 11.6 Å². The van der Waals surface area contributed by atoms with Crippen LogP contribution in [0, 0.1) is 0 Å². The molecule has 0 aliphatic carbocycles. The first-order valence-corrected chi connectivity index (χ1v) is 8.99. The number of hydrogen-bond donors (Lipinski definition) is 3. The summed E-state index contributed by atoms with van der Waals surface area (Å²) in [5.74, 6) is 0. The molecule has 0 saturated carbocycles. The molecular weight excluding hydrogens is 352 g/mol. The van der Waals surface area contributed by atoms with Crippen LogP contribution in [0.4, 0.5) is 16.2 Å². The summed E-state index contributed by atoms with van der Waals surface area (Å²) in [6.45, 7) is 3.39. The summed E-state index contributed by atoms with van der Waals surface area (Å²) in [6, 6.07) is 13.8. The largest absolute Gasteiger partial charge is 0.465 e. The summed E-state index contributed by atoms with van der Waals surface area (Å²) in [7, 11) is 0. The van der Waals surface area contributed by atoms with Crippen molar-refractivity contribution in [3.63, 3.8) is 0 Å². The first-order valence-electron chi connectivity index (χ1n) is 8.61. The topological polar surface area (TPSA) is 81.8 Å². The van der Waals surface area contributed by atoms with E-state index in [-0.39, 0.29) is 0 Å². The zero-order valence-corrected chi connectivity index (χ0v) is 15.2. The Balaban J connectivity index is 1.74. The fourth-order valence-electron chi connectivity index (χ4n) is 3.23. The molecule has 0 radical (unpaired) electrons. The maximum Gasteiger partial charge on any atom is 0.407 e. The predicted octanol–water partition coefficient (Wildman–Crippen LogP) is 3.21. The van der Waals surface area contributed by atoms with E-state index in [0.717, 1.165) is 22.5 Å². The van der Waals surface area contributed by atoms with Crippen LogP contribution in [0.5, 0.6) is 0 Å². The summed E-state index contributed by atoms with van der Waals surface area (Å²) in [6.07, 6.45) is -0.861. The fraction of sp³-hybridized carbons (Fsp3) is 0.316. The van der Waals surface area contributed by atoms with Crippen molar-refractivity contribution in [1.82, 2.24) is 4.90 Å². The van der Waals surface area contributed by atoms with Crippen molar-refractivity contribution in [2.24, 2.45) is 5.73 Å². The highest BCUT2D eigenvalue weighted by molar-refractivity contribution is 6.30. The lowest BCUT2D eigenvalue weighted by Gasteiger charge is -2.36. The maximum atomic E-state index is 11.1. The number of amides is 1. The van der Waals surface area contributed by atoms with Crippen LogP contribution in [0.15, 0.2) is 42.5 Å². The van der Waals surface area contributed by atoms with Gasteiger partial charge in [0.2, 0.25) is 0 Å². The highest BCUT2D eigenvalue weighted by Gasteiger charge is 2.22. The van der Waals surface area contributed by atoms with Gasteiger partial charge >= 0.3 is 6.09 Å². The second-order valence-corrected chi connectivity index (χ2v) is 6.68. The Bertz CT molecular complexity index is 776. The van der Waals surface area contributed by atoms with Crippen molar-refractivity contribution in [2.45, 2.75) is 13.1 Å². The Labute approximate surface area is 158 Å². The molecule has 1 aliphatic heterocycles. The third kappa shape index (κ3) is 4.20. The van der Waals surface area contributed by atoms with Crippen LogP contribution in [0.1, 0.15) is 11.1 Å². The zero-order chi connectivity index (χ0) is 18.5. The van der Waals surface area contributed by atoms with Gasteiger partial charge in [-0.3, -0.25) is 0 Å². The highest BCUT2D eigenvalue weighted by Crippen LogP contribution is 2.29. The van der Waals surface area contributed by atoms with E-state index < -0.39 is 6.09 Å². The van der Waals surface area contributed by atoms with Gasteiger partial charge in [-0.2, -0.15) is 0 Å². The van der Waals surface area contributed by atoms with Crippen molar-refractivity contribution >= 4 is 29.1 Å². The van der Waals surface area contributed by atoms with E-state index >= 15 is 0 Å². The third-order valence-electron chi connectivity index (χ3n) is 4.62. The summed E-state index contributed by atoms with van der Waals surface area (Å²) in [5, 5.41) is 13.3. The molecule has 1 aliphatic rings. The molecule has 7 heteroatoms. The van der Waals surface area contributed by atoms with Crippen molar-refractivity contribution in [3.8, 4) is 0 Å². The first kappa shape index (κ1) is 18.4. The molecule has 26 heavy (non-hydrogen) atoms. The molecule has 1 saturated heterocycles. The lowest BCUT2D eigenvalue weighted by atomic mass is 10.1. The Morgan fingerprint density at radius 1 is 1.15 bits per heavy atom. The molecule has 4 N–H and O–H groups in total. The van der Waals surface area contributed by atoms with Gasteiger partial charge < -0.3 is 26.0 Å². The van der Waals surface area contributed by atoms with Gasteiger partial charge in [0.15, 0.2) is 0 Å². The number of nitrogens with one attached hydrogen (secondary N) is 1. The first-order chi connectivity index (χ1) is 12.6. The second-order valence-electron chi connectivity index (χ2n) is 6.25. The molecule has 138 valence electrons. The van der Waals surface area contributed by atoms with Gasteiger partial charge in [-0.1, -0.05) is 29.8 Å². The van der Waals surface area contributed by atoms with Crippen LogP contribution in [-0.4, -0.2) is 42.3 Å². The van der Waals surface area contributed by atoms with Gasteiger partial charge in [-0.25, -0.2) is 4.79 Å². The number of hydrogen-bond acceptors (Lipinski definition) is 4. The van der Waals surface area contributed by atoms with Gasteiger partial charge in [-0.15, -0.1) is 0 Å². The summed E-state index contributed by atoms with van der Waals surface area (Å²) in [5.41, 5.74) is 10.2. The molecule has 2 aromatic rings. The van der Waals surface area contributed by atoms with E-state index in [4.69, 9.17) is 22.4 Å². The molecular formula is C19H23ClN4O2. The van der Waals surface area contributed by atoms with E-state index in [9.17, 15) is 4.79 Å². The number of nitrogens with zero attached hydrogens (tertiary/aromatic N) is 2. The minimum Gasteiger partial charge on any atom is -0.465 e. The second kappa shape index (κ2) is 8.29. The number of benzene rings is 2. The molecule has 0 unspecified atom stereocenters. The van der Waals surface area contributed by atoms with Crippen molar-refractivity contribution < 1.29 is 9.90 Å². The molecule has 0 atom stereocenters. The van der Waals surface area contributed by atoms with Crippen LogP contribution < -0.4 is 16.0 Å². The lowest BCUT2D eigenvalue weighted by molar-refractivity contribution is 0.142. The standard InChI is InChI=1S/C19H23ClN4O2/c20-15-4-1-3-14(11-15)13-22-17-5-2-6-18(16(17)12-21)23-7-9-24(10-8-23)19(25)26/h1-6,11,22H,7-10,12-13,21H2,(H,25,26). The van der Waals surface area contributed by atoms with Gasteiger partial charge in [0.05, 0.1) is 0 Å². The Morgan fingerprint density at radius 2 is 1.88 bits per heavy atom. The van der Waals surface area contributed by atoms with Crippen molar-refractivity contribution in [2.75, 3.05) is 36.4 Å². The Hall–Kier alpha value is -2.44. The average Bonchev–Trinajstić information content (AvgIpc) is 2.66. The molecule has 1 fully saturated rings. The van der Waals surface area contributed by atoms with Crippen molar-refractivity contribution in [1.29, 1.82) is 0 Å². The Morgan fingerprint density at radius 3 is 2.54 bits per heavy atom. The summed E-state index contributed by atoms with van der Waals surface area (Å²) >= 11 is 6.05. The van der Waals surface area contributed by atoms with Gasteiger partial charge in [0.25, 0.3) is 0 Å². The van der Waals surface area contributed by atoms with Crippen molar-refractivity contribution in [3.05, 3.63) is 58.6 Å². The number of piperazine rings is 1. The molecule has 6 nitrogen and oxygen atoms in total. The van der Waals surface area contributed by atoms with Crippen LogP contribution in [-0.2, 0) is 13.1 Å². The van der Waals surface area contributed by atoms with Crippen LogP contribution in [0.3, 0.4) is 0 Å². The maximum absolute atomic E-state index is 11.1. The van der Waals surface area contributed by atoms with E-state index in [1.165, 1.54) is 4.90 Å². The fourth-order valence-corrected chi connectivity index (χ4v) is 3.45. The minimum absolute atomic E-state index is 0.410. The quantitative estimate of drug-likeness (QED) is 0.748. The van der Waals surface area contributed by atoms with Gasteiger partial charge in [0.1, 0.15) is 0 Å². The van der Waals surface area contributed by atoms with E-state index in [1.807, 2.05) is 42.5 Å². The number of halogens is 1. The smallest absolute Gasteiger partial charge is 0.407 e. The number of anilines is 2. The third-order valence-corrected chi connectivity index (χ3v) is 4.85. The molecule has 0 bridgehead atoms. The molecule has 1 heterocycles. The molecule has 0 aromatic heterocycles. The monoisotopic (exact) mass is 374 g/mol. The minimum atomic E-state index is -0.861. The van der Waals surface area contributed by atoms with Crippen LogP contribution in [0.25, 0.3) is 0 Å². The highest BCUT2D eigenvalue weighted by atomic mass is 35.5. The molecule has 1 amide bonds. The zero-order valence-electron chi connectivity index (χ0n) is 14.5. The van der Waals surface area contributed by atoms with Gasteiger partial charge in [0, 0.05) is 61.2 Å². The van der Waals surface area contributed by atoms with E-state index in [0.29, 0.717) is 44.3 Å². The molecule has 2 aromatic carbocycles. The summed E-state index contributed by atoms with van der Waals surface area (Å²) in [4.78, 5) is 14.7.